The van der Waals surface area contributed by atoms with Gasteiger partial charge in [0.15, 0.2) is 34.6 Å². The van der Waals surface area contributed by atoms with Crippen molar-refractivity contribution in [3.63, 3.8) is 0 Å². The molecule has 1 aliphatic heterocycles. The summed E-state index contributed by atoms with van der Waals surface area (Å²) >= 11 is 0. The van der Waals surface area contributed by atoms with Crippen LogP contribution in [0.4, 0.5) is 26.1 Å². The summed E-state index contributed by atoms with van der Waals surface area (Å²) in [6, 6.07) is 8.57. The summed E-state index contributed by atoms with van der Waals surface area (Å²) < 4.78 is 48.2. The minimum atomic E-state index is -0.883. The van der Waals surface area contributed by atoms with Gasteiger partial charge in [-0.3, -0.25) is 9.20 Å². The molecular weight excluding hydrogens is 558 g/mol. The van der Waals surface area contributed by atoms with Crippen molar-refractivity contribution in [3.8, 4) is 22.6 Å². The number of rotatable bonds is 9. The summed E-state index contributed by atoms with van der Waals surface area (Å²) in [5.74, 6) is -1.96. The Balaban J connectivity index is 1.42. The second-order valence-electron chi connectivity index (χ2n) is 9.85. The first-order valence-electron chi connectivity index (χ1n) is 13.5. The van der Waals surface area contributed by atoms with E-state index in [1.165, 1.54) is 26.5 Å². The lowest BCUT2D eigenvalue weighted by molar-refractivity contribution is -0.114. The van der Waals surface area contributed by atoms with E-state index in [1.807, 2.05) is 18.2 Å². The zero-order chi connectivity index (χ0) is 30.1. The number of nitrogens with one attached hydrogen (secondary N) is 1. The monoisotopic (exact) mass is 586 g/mol. The maximum Gasteiger partial charge on any atom is 0.229 e. The molecule has 1 N–H and O–H groups in total. The van der Waals surface area contributed by atoms with Crippen LogP contribution in [0.5, 0.6) is 11.5 Å². The molecule has 2 aromatic carbocycles. The maximum absolute atomic E-state index is 15.4. The Hall–Kier alpha value is -5.10. The first-order valence-corrected chi connectivity index (χ1v) is 13.5. The van der Waals surface area contributed by atoms with Crippen LogP contribution in [0, 0.1) is 11.6 Å². The zero-order valence-electron chi connectivity index (χ0n) is 23.6. The van der Waals surface area contributed by atoms with E-state index in [-0.39, 0.29) is 46.4 Å². The number of anilines is 3. The minimum Gasteiger partial charge on any atom is -0.494 e. The number of pyridine rings is 1. The normalized spacial score (nSPS) is 13.3. The molecule has 3 aromatic heterocycles. The van der Waals surface area contributed by atoms with Crippen molar-refractivity contribution in [2.24, 2.45) is 0 Å². The SMILES string of the molecule is C=CC(=O)Cc1cc(N2CCOCC2)ccc1Nc1ncc2cc(-c3c(F)c(OC)cc(OC)c3F)c3nccn3c2n1. The van der Waals surface area contributed by atoms with Gasteiger partial charge in [0.05, 0.1) is 33.0 Å². The van der Waals surface area contributed by atoms with E-state index in [9.17, 15) is 4.79 Å². The lowest BCUT2D eigenvalue weighted by atomic mass is 10.0. The summed E-state index contributed by atoms with van der Waals surface area (Å²) in [7, 11) is 2.59. The molecule has 0 unspecified atom stereocenters. The Bertz CT molecular complexity index is 1840. The van der Waals surface area contributed by atoms with Crippen LogP contribution < -0.4 is 19.7 Å². The number of ketones is 1. The predicted octanol–water partition coefficient (Wildman–Crippen LogP) is 5.12. The smallest absolute Gasteiger partial charge is 0.229 e. The van der Waals surface area contributed by atoms with Gasteiger partial charge in [-0.1, -0.05) is 6.58 Å². The highest BCUT2D eigenvalue weighted by atomic mass is 19.1. The highest BCUT2D eigenvalue weighted by Gasteiger charge is 2.25. The van der Waals surface area contributed by atoms with E-state index in [0.717, 1.165) is 30.4 Å². The summed E-state index contributed by atoms with van der Waals surface area (Å²) in [6.07, 6.45) is 6.17. The molecule has 6 rings (SSSR count). The van der Waals surface area contributed by atoms with Crippen molar-refractivity contribution in [1.29, 1.82) is 0 Å². The van der Waals surface area contributed by atoms with Gasteiger partial charge in [-0.05, 0) is 35.9 Å². The van der Waals surface area contributed by atoms with Crippen LogP contribution in [0.1, 0.15) is 5.56 Å². The van der Waals surface area contributed by atoms with Crippen LogP contribution in [-0.4, -0.2) is 65.7 Å². The van der Waals surface area contributed by atoms with Gasteiger partial charge in [0.2, 0.25) is 5.95 Å². The largest absolute Gasteiger partial charge is 0.494 e. The molecule has 5 aromatic rings. The van der Waals surface area contributed by atoms with E-state index < -0.39 is 11.6 Å². The Morgan fingerprint density at radius 1 is 1.07 bits per heavy atom. The molecule has 1 saturated heterocycles. The Labute approximate surface area is 245 Å². The lowest BCUT2D eigenvalue weighted by Gasteiger charge is -2.29. The highest BCUT2D eigenvalue weighted by molar-refractivity contribution is 5.93. The molecule has 10 nitrogen and oxygen atoms in total. The van der Waals surface area contributed by atoms with Crippen LogP contribution in [0.25, 0.3) is 27.8 Å². The molecule has 0 spiro atoms. The molecule has 12 heteroatoms. The Kier molecular flexibility index (Phi) is 7.59. The summed E-state index contributed by atoms with van der Waals surface area (Å²) in [5, 5.41) is 3.75. The molecule has 43 heavy (non-hydrogen) atoms. The van der Waals surface area contributed by atoms with Crippen LogP contribution in [-0.2, 0) is 16.0 Å². The fraction of sp³-hybridized carbons (Fsp3) is 0.226. The fourth-order valence-electron chi connectivity index (χ4n) is 5.18. The number of hydrogen-bond donors (Lipinski definition) is 1. The van der Waals surface area contributed by atoms with Crippen LogP contribution in [0.3, 0.4) is 0 Å². The molecule has 0 aliphatic carbocycles. The number of halogens is 2. The third-order valence-electron chi connectivity index (χ3n) is 7.35. The topological polar surface area (TPSA) is 103 Å². The van der Waals surface area contributed by atoms with Gasteiger partial charge in [-0.2, -0.15) is 4.98 Å². The van der Waals surface area contributed by atoms with Gasteiger partial charge in [0.25, 0.3) is 0 Å². The number of hydrogen-bond acceptors (Lipinski definition) is 9. The molecule has 4 heterocycles. The van der Waals surface area contributed by atoms with E-state index in [2.05, 4.69) is 26.8 Å². The number of carbonyl (C=O) groups is 1. The number of carbonyl (C=O) groups excluding carboxylic acids is 1. The van der Waals surface area contributed by atoms with Crippen LogP contribution >= 0.6 is 0 Å². The summed E-state index contributed by atoms with van der Waals surface area (Å²) in [4.78, 5) is 28.1. The van der Waals surface area contributed by atoms with Gasteiger partial charge in [0.1, 0.15) is 5.65 Å². The molecule has 220 valence electrons. The van der Waals surface area contributed by atoms with E-state index in [4.69, 9.17) is 19.2 Å². The van der Waals surface area contributed by atoms with Gasteiger partial charge < -0.3 is 24.4 Å². The van der Waals surface area contributed by atoms with Crippen LogP contribution in [0.2, 0.25) is 0 Å². The molecule has 0 atom stereocenters. The standard InChI is InChI=1S/C31H28F2N6O4/c1-4-21(40)14-18-13-20(38-9-11-43-12-10-38)5-6-23(18)36-31-35-17-19-15-22(30-34-7-8-39(30)29(19)37-31)26-27(32)24(41-2)16-25(42-3)28(26)33/h4-8,13,15-17H,1,9-12,14H2,2-3H3,(H,35,36,37). The molecule has 1 aliphatic rings. The Morgan fingerprint density at radius 3 is 2.51 bits per heavy atom. The minimum absolute atomic E-state index is 0.122. The molecular formula is C31H28F2N6O4. The van der Waals surface area contributed by atoms with Crippen LogP contribution in [0.15, 0.2) is 61.6 Å². The zero-order valence-corrected chi connectivity index (χ0v) is 23.6. The number of methoxy groups -OCH3 is 2. The first kappa shape index (κ1) is 28.0. The molecule has 0 amide bonds. The van der Waals surface area contributed by atoms with Crippen molar-refractivity contribution >= 4 is 39.8 Å². The second-order valence-corrected chi connectivity index (χ2v) is 9.85. The predicted molar refractivity (Wildman–Crippen MR) is 158 cm³/mol. The highest BCUT2D eigenvalue weighted by Crippen LogP contribution is 2.40. The number of aromatic nitrogens is 4. The van der Waals surface area contributed by atoms with Crippen molar-refractivity contribution in [3.05, 3.63) is 78.8 Å². The molecule has 0 radical (unpaired) electrons. The van der Waals surface area contributed by atoms with Gasteiger partial charge >= 0.3 is 0 Å². The summed E-state index contributed by atoms with van der Waals surface area (Å²) in [6.45, 7) is 6.41. The quantitative estimate of drug-likeness (QED) is 0.236. The average molecular weight is 587 g/mol. The third-order valence-corrected chi connectivity index (χ3v) is 7.35. The number of ether oxygens (including phenoxy) is 3. The Morgan fingerprint density at radius 2 is 1.81 bits per heavy atom. The number of fused-ring (bicyclic) bond motifs is 3. The number of nitrogens with zero attached hydrogens (tertiary/aromatic N) is 5. The number of imidazole rings is 1. The lowest BCUT2D eigenvalue weighted by Crippen LogP contribution is -2.36. The van der Waals surface area contributed by atoms with E-state index in [0.29, 0.717) is 29.9 Å². The van der Waals surface area contributed by atoms with Crippen molar-refractivity contribution in [2.75, 3.05) is 50.7 Å². The number of benzene rings is 2. The van der Waals surface area contributed by atoms with Crippen molar-refractivity contribution in [1.82, 2.24) is 19.4 Å². The number of morpholine rings is 1. The molecule has 1 fully saturated rings. The van der Waals surface area contributed by atoms with Crippen molar-refractivity contribution < 1.29 is 27.8 Å². The second kappa shape index (κ2) is 11.6. The van der Waals surface area contributed by atoms with Gasteiger partial charge in [-0.25, -0.2) is 18.7 Å². The van der Waals surface area contributed by atoms with E-state index >= 15 is 8.78 Å². The number of allylic oxidation sites excluding steroid dienone is 1. The third kappa shape index (κ3) is 5.21. The average Bonchev–Trinajstić information content (AvgIpc) is 3.53. The fourth-order valence-corrected chi connectivity index (χ4v) is 5.18. The van der Waals surface area contributed by atoms with E-state index in [1.54, 1.807) is 22.9 Å². The van der Waals surface area contributed by atoms with Gasteiger partial charge in [-0.15, -0.1) is 0 Å². The first-order chi connectivity index (χ1) is 20.9. The van der Waals surface area contributed by atoms with Crippen molar-refractivity contribution in [2.45, 2.75) is 6.42 Å². The summed E-state index contributed by atoms with van der Waals surface area (Å²) in [5.41, 5.74) is 2.99. The molecule has 0 saturated carbocycles. The maximum atomic E-state index is 15.4. The molecule has 0 bridgehead atoms. The van der Waals surface area contributed by atoms with Gasteiger partial charge in [0, 0.05) is 66.5 Å².